The van der Waals surface area contributed by atoms with E-state index in [2.05, 4.69) is 13.1 Å². The molecule has 0 aromatic carbocycles. The molecule has 0 aromatic heterocycles. The van der Waals surface area contributed by atoms with Crippen LogP contribution in [0.1, 0.15) is 0 Å². The van der Waals surface area contributed by atoms with Gasteiger partial charge in [-0.05, 0) is 6.04 Å². The van der Waals surface area contributed by atoms with Crippen LogP contribution in [0.5, 0.6) is 0 Å². The Morgan fingerprint density at radius 2 is 2.22 bits per heavy atom. The van der Waals surface area contributed by atoms with E-state index in [1.165, 1.54) is 0 Å². The standard InChI is InChI=1S/C5H13NO2Si/c1-9(2)3-4(6)5(7)8/h4,9H,3,6H2,1-2H3,(H,7,8)/t4-/m0/s1. The Labute approximate surface area is 56.5 Å². The maximum atomic E-state index is 10.1. The smallest absolute Gasteiger partial charge is 0.320 e. The van der Waals surface area contributed by atoms with Gasteiger partial charge in [-0.25, -0.2) is 0 Å². The summed E-state index contributed by atoms with van der Waals surface area (Å²) in [4.78, 5) is 10.1. The Kier molecular flexibility index (Phi) is 3.49. The quantitative estimate of drug-likeness (QED) is 0.547. The van der Waals surface area contributed by atoms with Crippen LogP contribution in [0.4, 0.5) is 0 Å². The minimum absolute atomic E-state index is 0.628. The number of carbonyl (C=O) groups is 1. The summed E-state index contributed by atoms with van der Waals surface area (Å²) in [6.45, 7) is 4.17. The average molecular weight is 147 g/mol. The zero-order valence-corrected chi connectivity index (χ0v) is 6.95. The third-order valence-corrected chi connectivity index (χ3v) is 2.49. The van der Waals surface area contributed by atoms with Gasteiger partial charge in [0, 0.05) is 8.80 Å². The van der Waals surface area contributed by atoms with Gasteiger partial charge in [-0.3, -0.25) is 4.79 Å². The molecule has 0 amide bonds. The Hall–Kier alpha value is -0.353. The van der Waals surface area contributed by atoms with Crippen molar-refractivity contribution in [3.05, 3.63) is 0 Å². The van der Waals surface area contributed by atoms with Crippen LogP contribution in [0.2, 0.25) is 19.1 Å². The summed E-state index contributed by atoms with van der Waals surface area (Å²) in [5.41, 5.74) is 5.25. The van der Waals surface area contributed by atoms with Crippen LogP contribution < -0.4 is 5.73 Å². The molecule has 54 valence electrons. The fourth-order valence-electron chi connectivity index (χ4n) is 0.609. The van der Waals surface area contributed by atoms with E-state index in [1.807, 2.05) is 0 Å². The van der Waals surface area contributed by atoms with Crippen LogP contribution >= 0.6 is 0 Å². The first-order valence-corrected chi connectivity index (χ1v) is 6.15. The van der Waals surface area contributed by atoms with Crippen molar-refractivity contribution in [2.24, 2.45) is 5.73 Å². The third kappa shape index (κ3) is 4.17. The first-order valence-electron chi connectivity index (χ1n) is 3.02. The van der Waals surface area contributed by atoms with Gasteiger partial charge in [-0.2, -0.15) is 0 Å². The first kappa shape index (κ1) is 8.65. The lowest BCUT2D eigenvalue weighted by atomic mass is 10.4. The largest absolute Gasteiger partial charge is 0.480 e. The summed E-state index contributed by atoms with van der Waals surface area (Å²) in [5.74, 6) is -0.879. The fraction of sp³-hybridized carbons (Fsp3) is 0.800. The highest BCUT2D eigenvalue weighted by Gasteiger charge is 2.12. The van der Waals surface area contributed by atoms with Crippen LogP contribution in [-0.2, 0) is 4.79 Å². The summed E-state index contributed by atoms with van der Waals surface area (Å²) < 4.78 is 0. The van der Waals surface area contributed by atoms with Crippen molar-refractivity contribution in [2.45, 2.75) is 25.2 Å². The Morgan fingerprint density at radius 1 is 1.78 bits per heavy atom. The number of aliphatic carboxylic acids is 1. The summed E-state index contributed by atoms with van der Waals surface area (Å²) >= 11 is 0. The molecule has 0 aliphatic rings. The minimum atomic E-state index is -0.879. The van der Waals surface area contributed by atoms with E-state index in [1.54, 1.807) is 0 Å². The number of hydrogen-bond donors (Lipinski definition) is 2. The molecule has 0 fully saturated rings. The van der Waals surface area contributed by atoms with Crippen LogP contribution in [0.15, 0.2) is 0 Å². The van der Waals surface area contributed by atoms with Gasteiger partial charge in [-0.1, -0.05) is 13.1 Å². The molecule has 0 heterocycles. The number of rotatable bonds is 3. The molecule has 0 aliphatic heterocycles. The molecule has 3 N–H and O–H groups in total. The molecule has 0 unspecified atom stereocenters. The van der Waals surface area contributed by atoms with Crippen LogP contribution in [0.3, 0.4) is 0 Å². The van der Waals surface area contributed by atoms with E-state index in [9.17, 15) is 4.79 Å². The highest BCUT2D eigenvalue weighted by atomic mass is 28.3. The lowest BCUT2D eigenvalue weighted by Crippen LogP contribution is -2.32. The van der Waals surface area contributed by atoms with E-state index < -0.39 is 20.8 Å². The second-order valence-corrected chi connectivity index (χ2v) is 5.83. The van der Waals surface area contributed by atoms with Gasteiger partial charge in [0.1, 0.15) is 6.04 Å². The molecule has 1 atom stereocenters. The highest BCUT2D eigenvalue weighted by molar-refractivity contribution is 6.56. The minimum Gasteiger partial charge on any atom is -0.480 e. The average Bonchev–Trinajstić information content (AvgIpc) is 1.63. The molecule has 0 aliphatic carbocycles. The number of carboxylic acid groups (broad SMARTS) is 1. The fourth-order valence-corrected chi connectivity index (χ4v) is 1.83. The molecule has 0 radical (unpaired) electrons. The molecule has 3 nitrogen and oxygen atoms in total. The van der Waals surface area contributed by atoms with Crippen LogP contribution in [0, 0.1) is 0 Å². The third-order valence-electron chi connectivity index (χ3n) is 1.04. The monoisotopic (exact) mass is 147 g/mol. The van der Waals surface area contributed by atoms with Crippen molar-refractivity contribution in [2.75, 3.05) is 0 Å². The molecule has 0 saturated heterocycles. The molecule has 0 spiro atoms. The van der Waals surface area contributed by atoms with Crippen molar-refractivity contribution in [1.29, 1.82) is 0 Å². The van der Waals surface area contributed by atoms with Gasteiger partial charge in [0.25, 0.3) is 0 Å². The van der Waals surface area contributed by atoms with Crippen molar-refractivity contribution in [3.63, 3.8) is 0 Å². The zero-order valence-electron chi connectivity index (χ0n) is 5.79. The predicted octanol–water partition coefficient (Wildman–Crippen LogP) is -0.115. The Balaban J connectivity index is 3.50. The SMILES string of the molecule is C[SiH](C)C[C@H](N)C(=O)O. The normalized spacial score (nSPS) is 13.8. The highest BCUT2D eigenvalue weighted by Crippen LogP contribution is 1.94. The van der Waals surface area contributed by atoms with E-state index in [4.69, 9.17) is 10.8 Å². The molecule has 4 heteroatoms. The lowest BCUT2D eigenvalue weighted by molar-refractivity contribution is -0.138. The predicted molar refractivity (Wildman–Crippen MR) is 39.3 cm³/mol. The lowest BCUT2D eigenvalue weighted by Gasteiger charge is -2.06. The van der Waals surface area contributed by atoms with Crippen molar-refractivity contribution >= 4 is 14.8 Å². The second kappa shape index (κ2) is 3.63. The van der Waals surface area contributed by atoms with Crippen LogP contribution in [-0.4, -0.2) is 25.9 Å². The number of nitrogens with two attached hydrogens (primary N) is 1. The van der Waals surface area contributed by atoms with E-state index >= 15 is 0 Å². The molecule has 9 heavy (non-hydrogen) atoms. The zero-order chi connectivity index (χ0) is 7.44. The number of carboxylic acids is 1. The van der Waals surface area contributed by atoms with Crippen molar-refractivity contribution < 1.29 is 9.90 Å². The van der Waals surface area contributed by atoms with Gasteiger partial charge in [0.2, 0.25) is 0 Å². The molecule has 0 bridgehead atoms. The molecule has 0 saturated carbocycles. The summed E-state index contributed by atoms with van der Waals surface area (Å²) in [7, 11) is -0.790. The van der Waals surface area contributed by atoms with E-state index in [0.717, 1.165) is 0 Å². The molecule has 0 aromatic rings. The molecular formula is C5H13NO2Si. The first-order chi connectivity index (χ1) is 4.04. The maximum absolute atomic E-state index is 10.1. The summed E-state index contributed by atoms with van der Waals surface area (Å²) in [6, 6.07) is 0.0617. The van der Waals surface area contributed by atoms with Gasteiger partial charge in [-0.15, -0.1) is 0 Å². The van der Waals surface area contributed by atoms with E-state index in [-0.39, 0.29) is 0 Å². The molecular weight excluding hydrogens is 134 g/mol. The summed E-state index contributed by atoms with van der Waals surface area (Å²) in [5, 5.41) is 8.33. The maximum Gasteiger partial charge on any atom is 0.320 e. The van der Waals surface area contributed by atoms with Gasteiger partial charge >= 0.3 is 5.97 Å². The van der Waals surface area contributed by atoms with Crippen molar-refractivity contribution in [1.82, 2.24) is 0 Å². The summed E-state index contributed by atoms with van der Waals surface area (Å²) in [6.07, 6.45) is 0. The number of hydrogen-bond acceptors (Lipinski definition) is 2. The Morgan fingerprint density at radius 3 is 2.33 bits per heavy atom. The van der Waals surface area contributed by atoms with E-state index in [0.29, 0.717) is 6.04 Å². The van der Waals surface area contributed by atoms with Gasteiger partial charge < -0.3 is 10.8 Å². The second-order valence-electron chi connectivity index (χ2n) is 2.57. The Bertz CT molecular complexity index is 105. The van der Waals surface area contributed by atoms with Crippen LogP contribution in [0.25, 0.3) is 0 Å². The molecule has 0 rings (SSSR count). The van der Waals surface area contributed by atoms with Gasteiger partial charge in [0.05, 0.1) is 0 Å². The topological polar surface area (TPSA) is 63.3 Å². The van der Waals surface area contributed by atoms with Gasteiger partial charge in [0.15, 0.2) is 0 Å². The van der Waals surface area contributed by atoms with Crippen molar-refractivity contribution in [3.8, 4) is 0 Å².